The lowest BCUT2D eigenvalue weighted by Crippen LogP contribution is -2.04. The lowest BCUT2D eigenvalue weighted by molar-refractivity contribution is 0.446. The number of nitrogens with zero attached hydrogens (tertiary/aromatic N) is 1. The molecule has 2 aromatic rings. The van der Waals surface area contributed by atoms with Crippen molar-refractivity contribution in [2.75, 3.05) is 0 Å². The Labute approximate surface area is 88.2 Å². The van der Waals surface area contributed by atoms with Crippen molar-refractivity contribution in [2.24, 2.45) is 5.73 Å². The number of hydrogen-bond acceptors (Lipinski definition) is 3. The molecule has 3 heteroatoms. The second-order valence-electron chi connectivity index (χ2n) is 4.39. The Morgan fingerprint density at radius 1 is 1.47 bits per heavy atom. The molecule has 0 amide bonds. The van der Waals surface area contributed by atoms with Crippen molar-refractivity contribution in [2.45, 2.75) is 31.7 Å². The molecule has 1 aromatic heterocycles. The van der Waals surface area contributed by atoms with Crippen molar-refractivity contribution >= 4 is 11.0 Å². The maximum Gasteiger partial charge on any atom is 0.167 e. The van der Waals surface area contributed by atoms with E-state index in [9.17, 15) is 0 Å². The topological polar surface area (TPSA) is 52.0 Å². The van der Waals surface area contributed by atoms with E-state index in [2.05, 4.69) is 11.2 Å². The molecule has 0 aliphatic heterocycles. The first-order valence-corrected chi connectivity index (χ1v) is 5.40. The molecule has 0 bridgehead atoms. The predicted octanol–water partition coefficient (Wildman–Crippen LogP) is 2.72. The summed E-state index contributed by atoms with van der Waals surface area (Å²) in [5.41, 5.74) is 9.00. The second-order valence-corrected chi connectivity index (χ2v) is 4.39. The fraction of sp³-hybridized carbons (Fsp3) is 0.417. The minimum Gasteiger partial charge on any atom is -0.356 e. The van der Waals surface area contributed by atoms with Gasteiger partial charge in [0.25, 0.3) is 0 Å². The third-order valence-electron chi connectivity index (χ3n) is 3.01. The Morgan fingerprint density at radius 2 is 2.27 bits per heavy atom. The van der Waals surface area contributed by atoms with Gasteiger partial charge in [-0.05, 0) is 37.5 Å². The van der Waals surface area contributed by atoms with Gasteiger partial charge in [-0.2, -0.15) is 0 Å². The lowest BCUT2D eigenvalue weighted by Gasteiger charge is -2.04. The molecule has 1 fully saturated rings. The number of nitrogens with two attached hydrogens (primary N) is 1. The molecule has 1 aliphatic carbocycles. The summed E-state index contributed by atoms with van der Waals surface area (Å²) in [6, 6.07) is 6.16. The van der Waals surface area contributed by atoms with E-state index in [1.54, 1.807) is 0 Å². The summed E-state index contributed by atoms with van der Waals surface area (Å²) >= 11 is 0. The molecule has 1 unspecified atom stereocenters. The van der Waals surface area contributed by atoms with Gasteiger partial charge in [0, 0.05) is 17.3 Å². The van der Waals surface area contributed by atoms with Crippen LogP contribution in [0.25, 0.3) is 11.0 Å². The molecule has 2 N–H and O–H groups in total. The number of aromatic nitrogens is 1. The normalized spacial score (nSPS) is 18.3. The highest BCUT2D eigenvalue weighted by molar-refractivity contribution is 5.81. The summed E-state index contributed by atoms with van der Waals surface area (Å²) in [5.74, 6) is 0.620. The van der Waals surface area contributed by atoms with Crippen molar-refractivity contribution in [1.82, 2.24) is 5.16 Å². The molecule has 0 spiro atoms. The first-order valence-electron chi connectivity index (χ1n) is 5.40. The quantitative estimate of drug-likeness (QED) is 0.814. The molecular weight excluding hydrogens is 188 g/mol. The van der Waals surface area contributed by atoms with Crippen molar-refractivity contribution in [3.8, 4) is 0 Å². The predicted molar refractivity (Wildman–Crippen MR) is 58.6 cm³/mol. The minimum atomic E-state index is 0.0661. The van der Waals surface area contributed by atoms with Gasteiger partial charge < -0.3 is 10.3 Å². The van der Waals surface area contributed by atoms with Crippen LogP contribution in [0.15, 0.2) is 22.7 Å². The summed E-state index contributed by atoms with van der Waals surface area (Å²) in [4.78, 5) is 0. The molecule has 1 aromatic carbocycles. The zero-order chi connectivity index (χ0) is 10.4. The van der Waals surface area contributed by atoms with Gasteiger partial charge >= 0.3 is 0 Å². The molecule has 1 saturated carbocycles. The van der Waals surface area contributed by atoms with Crippen LogP contribution in [0.4, 0.5) is 0 Å². The smallest absolute Gasteiger partial charge is 0.167 e. The van der Waals surface area contributed by atoms with Crippen LogP contribution in [0, 0.1) is 0 Å². The SMILES string of the molecule is CC(N)c1ccc2onc(C3CC3)c2c1. The number of rotatable bonds is 2. The molecule has 0 saturated heterocycles. The maximum absolute atomic E-state index is 5.86. The van der Waals surface area contributed by atoms with Crippen LogP contribution in [-0.2, 0) is 0 Å². The monoisotopic (exact) mass is 202 g/mol. The molecule has 1 aliphatic rings. The Hall–Kier alpha value is -1.35. The van der Waals surface area contributed by atoms with Crippen LogP contribution < -0.4 is 5.73 Å². The number of benzene rings is 1. The van der Waals surface area contributed by atoms with Crippen molar-refractivity contribution in [3.05, 3.63) is 29.5 Å². The van der Waals surface area contributed by atoms with Crippen LogP contribution in [-0.4, -0.2) is 5.16 Å². The van der Waals surface area contributed by atoms with Crippen LogP contribution in [0.5, 0.6) is 0 Å². The van der Waals surface area contributed by atoms with E-state index in [1.165, 1.54) is 12.8 Å². The summed E-state index contributed by atoms with van der Waals surface area (Å²) in [5, 5.41) is 5.29. The Balaban J connectivity index is 2.17. The van der Waals surface area contributed by atoms with E-state index >= 15 is 0 Å². The second kappa shape index (κ2) is 3.07. The van der Waals surface area contributed by atoms with Gasteiger partial charge in [-0.15, -0.1) is 0 Å². The highest BCUT2D eigenvalue weighted by Gasteiger charge is 2.29. The average molecular weight is 202 g/mol. The average Bonchev–Trinajstić information content (AvgIpc) is 2.98. The third-order valence-corrected chi connectivity index (χ3v) is 3.01. The van der Waals surface area contributed by atoms with E-state index in [0.29, 0.717) is 5.92 Å². The van der Waals surface area contributed by atoms with Gasteiger partial charge in [-0.1, -0.05) is 11.2 Å². The Morgan fingerprint density at radius 3 is 2.93 bits per heavy atom. The van der Waals surface area contributed by atoms with Gasteiger partial charge in [0.05, 0.1) is 5.69 Å². The molecule has 3 nitrogen and oxygen atoms in total. The zero-order valence-electron chi connectivity index (χ0n) is 8.73. The van der Waals surface area contributed by atoms with Crippen molar-refractivity contribution in [3.63, 3.8) is 0 Å². The molecular formula is C12H14N2O. The van der Waals surface area contributed by atoms with Crippen LogP contribution in [0.2, 0.25) is 0 Å². The molecule has 1 atom stereocenters. The van der Waals surface area contributed by atoms with Crippen LogP contribution >= 0.6 is 0 Å². The highest BCUT2D eigenvalue weighted by Crippen LogP contribution is 2.42. The summed E-state index contributed by atoms with van der Waals surface area (Å²) < 4.78 is 5.29. The first kappa shape index (κ1) is 8.92. The van der Waals surface area contributed by atoms with Gasteiger partial charge in [-0.3, -0.25) is 0 Å². The van der Waals surface area contributed by atoms with Crippen molar-refractivity contribution in [1.29, 1.82) is 0 Å². The van der Waals surface area contributed by atoms with Crippen LogP contribution in [0.1, 0.15) is 43.0 Å². The van der Waals surface area contributed by atoms with Gasteiger partial charge in [-0.25, -0.2) is 0 Å². The van der Waals surface area contributed by atoms with E-state index in [1.807, 2.05) is 19.1 Å². The lowest BCUT2D eigenvalue weighted by atomic mass is 10.0. The van der Waals surface area contributed by atoms with E-state index in [4.69, 9.17) is 10.3 Å². The Bertz CT molecular complexity index is 497. The van der Waals surface area contributed by atoms with E-state index in [-0.39, 0.29) is 6.04 Å². The Kier molecular flexibility index (Phi) is 1.83. The fourth-order valence-corrected chi connectivity index (χ4v) is 1.91. The summed E-state index contributed by atoms with van der Waals surface area (Å²) in [7, 11) is 0. The van der Waals surface area contributed by atoms with Crippen LogP contribution in [0.3, 0.4) is 0 Å². The van der Waals surface area contributed by atoms with Gasteiger partial charge in [0.15, 0.2) is 5.58 Å². The third kappa shape index (κ3) is 1.43. The number of fused-ring (bicyclic) bond motifs is 1. The first-order chi connectivity index (χ1) is 7.25. The maximum atomic E-state index is 5.86. The fourth-order valence-electron chi connectivity index (χ4n) is 1.91. The van der Waals surface area contributed by atoms with E-state index in [0.717, 1.165) is 22.2 Å². The largest absolute Gasteiger partial charge is 0.356 e. The molecule has 78 valence electrons. The molecule has 3 rings (SSSR count). The zero-order valence-corrected chi connectivity index (χ0v) is 8.73. The number of hydrogen-bond donors (Lipinski definition) is 1. The van der Waals surface area contributed by atoms with Crippen molar-refractivity contribution < 1.29 is 4.52 Å². The summed E-state index contributed by atoms with van der Waals surface area (Å²) in [6.45, 7) is 1.99. The van der Waals surface area contributed by atoms with Gasteiger partial charge in [0.2, 0.25) is 0 Å². The molecule has 1 heterocycles. The van der Waals surface area contributed by atoms with E-state index < -0.39 is 0 Å². The van der Waals surface area contributed by atoms with Gasteiger partial charge in [0.1, 0.15) is 0 Å². The highest BCUT2D eigenvalue weighted by atomic mass is 16.5. The molecule has 0 radical (unpaired) electrons. The molecule has 15 heavy (non-hydrogen) atoms. The standard InChI is InChI=1S/C12H14N2O/c1-7(13)9-4-5-11-10(6-9)12(14-15-11)8-2-3-8/h4-8H,2-3,13H2,1H3. The summed E-state index contributed by atoms with van der Waals surface area (Å²) in [6.07, 6.45) is 2.48. The minimum absolute atomic E-state index is 0.0661.